The molecule has 1 aromatic heterocycles. The number of hydrogen-bond donors (Lipinski definition) is 1. The van der Waals surface area contributed by atoms with E-state index in [1.807, 2.05) is 25.1 Å². The Balaban J connectivity index is 2.18. The van der Waals surface area contributed by atoms with Gasteiger partial charge in [-0.1, -0.05) is 6.07 Å². The Morgan fingerprint density at radius 3 is 2.50 bits per heavy atom. The van der Waals surface area contributed by atoms with Crippen LogP contribution in [-0.2, 0) is 0 Å². The lowest BCUT2D eigenvalue weighted by Gasteiger charge is -2.07. The molecule has 0 radical (unpaired) electrons. The normalized spacial score (nSPS) is 10.2. The minimum absolute atomic E-state index is 0.223. The standard InChI is InChI=1S/C13H12BrN3O/c1-8-3-4-12(11(14)5-8)17-13(18)10-6-15-9(2)16-7-10/h3-7H,1-2H3,(H,17,18). The van der Waals surface area contributed by atoms with E-state index in [0.29, 0.717) is 11.4 Å². The maximum atomic E-state index is 12.0. The minimum atomic E-state index is -0.223. The summed E-state index contributed by atoms with van der Waals surface area (Å²) in [5.41, 5.74) is 2.29. The lowest BCUT2D eigenvalue weighted by Crippen LogP contribution is -2.13. The van der Waals surface area contributed by atoms with Crippen LogP contribution in [0.15, 0.2) is 35.1 Å². The highest BCUT2D eigenvalue weighted by atomic mass is 79.9. The van der Waals surface area contributed by atoms with Gasteiger partial charge in [-0.15, -0.1) is 0 Å². The molecule has 4 nitrogen and oxygen atoms in total. The zero-order valence-corrected chi connectivity index (χ0v) is 11.7. The van der Waals surface area contributed by atoms with Gasteiger partial charge in [-0.05, 0) is 47.5 Å². The van der Waals surface area contributed by atoms with E-state index in [9.17, 15) is 4.79 Å². The molecule has 1 heterocycles. The van der Waals surface area contributed by atoms with Crippen molar-refractivity contribution >= 4 is 27.5 Å². The van der Waals surface area contributed by atoms with E-state index in [4.69, 9.17) is 0 Å². The molecule has 18 heavy (non-hydrogen) atoms. The van der Waals surface area contributed by atoms with Gasteiger partial charge in [-0.2, -0.15) is 0 Å². The minimum Gasteiger partial charge on any atom is -0.321 e. The van der Waals surface area contributed by atoms with Crippen molar-refractivity contribution in [3.8, 4) is 0 Å². The van der Waals surface area contributed by atoms with Crippen LogP contribution in [0.2, 0.25) is 0 Å². The Kier molecular flexibility index (Phi) is 3.72. The Morgan fingerprint density at radius 1 is 1.22 bits per heavy atom. The third-order valence-corrected chi connectivity index (χ3v) is 3.07. The number of rotatable bonds is 2. The predicted molar refractivity (Wildman–Crippen MR) is 73.6 cm³/mol. The van der Waals surface area contributed by atoms with Crippen LogP contribution < -0.4 is 5.32 Å². The number of carbonyl (C=O) groups excluding carboxylic acids is 1. The number of nitrogens with one attached hydrogen (secondary N) is 1. The van der Waals surface area contributed by atoms with Crippen molar-refractivity contribution in [1.82, 2.24) is 9.97 Å². The first-order valence-electron chi connectivity index (χ1n) is 5.42. The summed E-state index contributed by atoms with van der Waals surface area (Å²) in [5.74, 6) is 0.419. The second-order valence-corrected chi connectivity index (χ2v) is 4.81. The molecule has 0 aliphatic rings. The molecule has 1 aromatic carbocycles. The summed E-state index contributed by atoms with van der Waals surface area (Å²) in [7, 11) is 0. The summed E-state index contributed by atoms with van der Waals surface area (Å²) < 4.78 is 0.851. The summed E-state index contributed by atoms with van der Waals surface area (Å²) in [6, 6.07) is 5.74. The van der Waals surface area contributed by atoms with Gasteiger partial charge in [0.05, 0.1) is 11.3 Å². The van der Waals surface area contributed by atoms with Crippen molar-refractivity contribution in [3.63, 3.8) is 0 Å². The topological polar surface area (TPSA) is 54.9 Å². The quantitative estimate of drug-likeness (QED) is 0.927. The van der Waals surface area contributed by atoms with Crippen LogP contribution in [-0.4, -0.2) is 15.9 Å². The number of aromatic nitrogens is 2. The average molecular weight is 306 g/mol. The van der Waals surface area contributed by atoms with Gasteiger partial charge in [0.25, 0.3) is 5.91 Å². The summed E-state index contributed by atoms with van der Waals surface area (Å²) in [5, 5.41) is 2.81. The highest BCUT2D eigenvalue weighted by molar-refractivity contribution is 9.10. The first-order chi connectivity index (χ1) is 8.56. The number of halogens is 1. The van der Waals surface area contributed by atoms with E-state index in [1.54, 1.807) is 6.92 Å². The lowest BCUT2D eigenvalue weighted by molar-refractivity contribution is 0.102. The molecule has 5 heteroatoms. The Labute approximate surface area is 114 Å². The second kappa shape index (κ2) is 5.27. The number of aryl methyl sites for hydroxylation is 2. The number of anilines is 1. The van der Waals surface area contributed by atoms with E-state index in [-0.39, 0.29) is 5.91 Å². The molecule has 0 fully saturated rings. The maximum Gasteiger partial charge on any atom is 0.258 e. The van der Waals surface area contributed by atoms with Gasteiger partial charge in [0.2, 0.25) is 0 Å². The molecule has 1 amide bonds. The van der Waals surface area contributed by atoms with Gasteiger partial charge in [-0.3, -0.25) is 4.79 Å². The largest absolute Gasteiger partial charge is 0.321 e. The molecule has 2 aromatic rings. The Bertz CT molecular complexity index is 581. The summed E-state index contributed by atoms with van der Waals surface area (Å²) in [4.78, 5) is 19.9. The van der Waals surface area contributed by atoms with E-state index in [2.05, 4.69) is 31.2 Å². The molecule has 0 spiro atoms. The molecule has 0 saturated carbocycles. The molecule has 2 rings (SSSR count). The van der Waals surface area contributed by atoms with Crippen LogP contribution in [0.25, 0.3) is 0 Å². The molecular weight excluding hydrogens is 294 g/mol. The molecule has 0 aliphatic carbocycles. The van der Waals surface area contributed by atoms with Gasteiger partial charge in [-0.25, -0.2) is 9.97 Å². The van der Waals surface area contributed by atoms with Crippen molar-refractivity contribution in [2.45, 2.75) is 13.8 Å². The van der Waals surface area contributed by atoms with Crippen molar-refractivity contribution in [2.24, 2.45) is 0 Å². The van der Waals surface area contributed by atoms with E-state index in [1.165, 1.54) is 12.4 Å². The first kappa shape index (κ1) is 12.7. The number of hydrogen-bond acceptors (Lipinski definition) is 3. The smallest absolute Gasteiger partial charge is 0.258 e. The second-order valence-electron chi connectivity index (χ2n) is 3.96. The van der Waals surface area contributed by atoms with Crippen LogP contribution in [0.1, 0.15) is 21.7 Å². The number of nitrogens with zero attached hydrogens (tertiary/aromatic N) is 2. The van der Waals surface area contributed by atoms with Crippen LogP contribution >= 0.6 is 15.9 Å². The monoisotopic (exact) mass is 305 g/mol. The summed E-state index contributed by atoms with van der Waals surface area (Å²) in [6.45, 7) is 3.77. The summed E-state index contributed by atoms with van der Waals surface area (Å²) in [6.07, 6.45) is 3.03. The van der Waals surface area contributed by atoms with E-state index < -0.39 is 0 Å². The van der Waals surface area contributed by atoms with E-state index >= 15 is 0 Å². The number of carbonyl (C=O) groups is 1. The average Bonchev–Trinajstić information content (AvgIpc) is 2.33. The third-order valence-electron chi connectivity index (χ3n) is 2.42. The van der Waals surface area contributed by atoms with Crippen molar-refractivity contribution < 1.29 is 4.79 Å². The summed E-state index contributed by atoms with van der Waals surface area (Å²) >= 11 is 3.41. The van der Waals surface area contributed by atoms with Crippen LogP contribution in [0.5, 0.6) is 0 Å². The number of amides is 1. The third kappa shape index (κ3) is 2.92. The zero-order chi connectivity index (χ0) is 13.1. The van der Waals surface area contributed by atoms with Gasteiger partial charge >= 0.3 is 0 Å². The molecule has 0 atom stereocenters. The molecule has 92 valence electrons. The Hall–Kier alpha value is -1.75. The van der Waals surface area contributed by atoms with Gasteiger partial charge in [0.15, 0.2) is 0 Å². The molecule has 0 unspecified atom stereocenters. The van der Waals surface area contributed by atoms with Crippen LogP contribution in [0.3, 0.4) is 0 Å². The zero-order valence-electron chi connectivity index (χ0n) is 10.1. The van der Waals surface area contributed by atoms with Crippen molar-refractivity contribution in [2.75, 3.05) is 5.32 Å². The molecular formula is C13H12BrN3O. The predicted octanol–water partition coefficient (Wildman–Crippen LogP) is 3.11. The van der Waals surface area contributed by atoms with Gasteiger partial charge in [0, 0.05) is 16.9 Å². The maximum absolute atomic E-state index is 12.0. The van der Waals surface area contributed by atoms with Crippen LogP contribution in [0, 0.1) is 13.8 Å². The van der Waals surface area contributed by atoms with E-state index in [0.717, 1.165) is 15.7 Å². The highest BCUT2D eigenvalue weighted by Gasteiger charge is 2.09. The highest BCUT2D eigenvalue weighted by Crippen LogP contribution is 2.23. The molecule has 0 aliphatic heterocycles. The van der Waals surface area contributed by atoms with Crippen LogP contribution in [0.4, 0.5) is 5.69 Å². The fourth-order valence-corrected chi connectivity index (χ4v) is 2.02. The lowest BCUT2D eigenvalue weighted by atomic mass is 10.2. The van der Waals surface area contributed by atoms with Crippen molar-refractivity contribution in [1.29, 1.82) is 0 Å². The molecule has 0 saturated heterocycles. The molecule has 0 bridgehead atoms. The van der Waals surface area contributed by atoms with Gasteiger partial charge < -0.3 is 5.32 Å². The Morgan fingerprint density at radius 2 is 1.89 bits per heavy atom. The first-order valence-corrected chi connectivity index (χ1v) is 6.22. The SMILES string of the molecule is Cc1ccc(NC(=O)c2cnc(C)nc2)c(Br)c1. The fourth-order valence-electron chi connectivity index (χ4n) is 1.43. The van der Waals surface area contributed by atoms with Crippen molar-refractivity contribution in [3.05, 3.63) is 52.0 Å². The molecule has 1 N–H and O–H groups in total. The fraction of sp³-hybridized carbons (Fsp3) is 0.154. The number of benzene rings is 1. The van der Waals surface area contributed by atoms with Gasteiger partial charge in [0.1, 0.15) is 5.82 Å².